The highest BCUT2D eigenvalue weighted by molar-refractivity contribution is 5.88. The third-order valence-corrected chi connectivity index (χ3v) is 3.64. The van der Waals surface area contributed by atoms with E-state index in [-0.39, 0.29) is 16.6 Å². The average Bonchev–Trinajstić information content (AvgIpc) is 2.54. The Morgan fingerprint density at radius 2 is 1.91 bits per heavy atom. The topological polar surface area (TPSA) is 59.7 Å². The summed E-state index contributed by atoms with van der Waals surface area (Å²) >= 11 is 0. The number of rotatable bonds is 3. The molecule has 0 unspecified atom stereocenters. The molecule has 3 rings (SSSR count). The Kier molecular flexibility index (Phi) is 3.59. The van der Waals surface area contributed by atoms with Gasteiger partial charge in [0.25, 0.3) is 0 Å². The molecule has 0 bridgehead atoms. The van der Waals surface area contributed by atoms with Crippen LogP contribution in [0.5, 0.6) is 11.5 Å². The van der Waals surface area contributed by atoms with Gasteiger partial charge in [-0.25, -0.2) is 0 Å². The second-order valence-corrected chi connectivity index (χ2v) is 4.97. The van der Waals surface area contributed by atoms with Crippen molar-refractivity contribution in [2.75, 3.05) is 7.11 Å². The number of benzene rings is 2. The van der Waals surface area contributed by atoms with E-state index in [0.29, 0.717) is 29.1 Å². The van der Waals surface area contributed by atoms with Gasteiger partial charge in [0.05, 0.1) is 12.7 Å². The van der Waals surface area contributed by atoms with Crippen molar-refractivity contribution in [1.82, 2.24) is 0 Å². The Balaban J connectivity index is 2.41. The molecule has 2 aromatic carbocycles. The van der Waals surface area contributed by atoms with E-state index in [2.05, 4.69) is 0 Å². The Morgan fingerprint density at radius 1 is 1.18 bits per heavy atom. The maximum atomic E-state index is 12.9. The number of hydrogen-bond acceptors (Lipinski definition) is 4. The molecule has 0 saturated heterocycles. The fourth-order valence-corrected chi connectivity index (χ4v) is 2.58. The van der Waals surface area contributed by atoms with Gasteiger partial charge in [-0.3, -0.25) is 4.79 Å². The summed E-state index contributed by atoms with van der Waals surface area (Å²) in [6, 6.07) is 12.4. The SMILES string of the molecule is CCc1oc2cc(OC)cc(O)c2c(=O)c1-c1ccccc1. The standard InChI is InChI=1S/C18H16O4/c1-3-14-16(11-7-5-4-6-8-11)18(20)17-13(19)9-12(21-2)10-15(17)22-14/h4-10,19H,3H2,1-2H3. The molecule has 0 saturated carbocycles. The second kappa shape index (κ2) is 5.56. The lowest BCUT2D eigenvalue weighted by Crippen LogP contribution is -2.09. The first-order valence-electron chi connectivity index (χ1n) is 7.07. The molecule has 0 aliphatic rings. The van der Waals surface area contributed by atoms with Gasteiger partial charge in [-0.05, 0) is 5.56 Å². The highest BCUT2D eigenvalue weighted by Crippen LogP contribution is 2.32. The van der Waals surface area contributed by atoms with Crippen LogP contribution in [0.2, 0.25) is 0 Å². The zero-order chi connectivity index (χ0) is 15.7. The van der Waals surface area contributed by atoms with Crippen molar-refractivity contribution in [3.8, 4) is 22.6 Å². The third-order valence-electron chi connectivity index (χ3n) is 3.64. The summed E-state index contributed by atoms with van der Waals surface area (Å²) in [4.78, 5) is 12.9. The van der Waals surface area contributed by atoms with Crippen molar-refractivity contribution in [1.29, 1.82) is 0 Å². The summed E-state index contributed by atoms with van der Waals surface area (Å²) in [5.41, 5.74) is 1.38. The number of methoxy groups -OCH3 is 1. The minimum Gasteiger partial charge on any atom is -0.507 e. The molecule has 0 fully saturated rings. The summed E-state index contributed by atoms with van der Waals surface area (Å²) in [5, 5.41) is 10.3. The lowest BCUT2D eigenvalue weighted by atomic mass is 10.0. The lowest BCUT2D eigenvalue weighted by molar-refractivity contribution is 0.407. The van der Waals surface area contributed by atoms with Gasteiger partial charge >= 0.3 is 0 Å². The van der Waals surface area contributed by atoms with Crippen LogP contribution in [0, 0.1) is 0 Å². The maximum absolute atomic E-state index is 12.9. The highest BCUT2D eigenvalue weighted by Gasteiger charge is 2.18. The average molecular weight is 296 g/mol. The van der Waals surface area contributed by atoms with Crippen LogP contribution in [0.4, 0.5) is 0 Å². The summed E-state index contributed by atoms with van der Waals surface area (Å²) in [7, 11) is 1.50. The zero-order valence-corrected chi connectivity index (χ0v) is 12.4. The minimum absolute atomic E-state index is 0.136. The van der Waals surface area contributed by atoms with Crippen LogP contribution in [-0.4, -0.2) is 12.2 Å². The maximum Gasteiger partial charge on any atom is 0.204 e. The van der Waals surface area contributed by atoms with E-state index in [1.807, 2.05) is 37.3 Å². The van der Waals surface area contributed by atoms with Crippen LogP contribution in [0.3, 0.4) is 0 Å². The molecular formula is C18H16O4. The summed E-state index contributed by atoms with van der Waals surface area (Å²) in [6.07, 6.45) is 0.577. The molecular weight excluding hydrogens is 280 g/mol. The van der Waals surface area contributed by atoms with Crippen molar-refractivity contribution in [3.05, 3.63) is 58.4 Å². The summed E-state index contributed by atoms with van der Waals surface area (Å²) in [6.45, 7) is 1.93. The van der Waals surface area contributed by atoms with Gasteiger partial charge in [-0.1, -0.05) is 37.3 Å². The Labute approximate surface area is 127 Å². The molecule has 4 nitrogen and oxygen atoms in total. The first kappa shape index (κ1) is 14.2. The van der Waals surface area contributed by atoms with Crippen LogP contribution in [-0.2, 0) is 6.42 Å². The second-order valence-electron chi connectivity index (χ2n) is 4.97. The minimum atomic E-state index is -0.232. The van der Waals surface area contributed by atoms with E-state index in [0.717, 1.165) is 5.56 Å². The number of aromatic hydroxyl groups is 1. The lowest BCUT2D eigenvalue weighted by Gasteiger charge is -2.10. The molecule has 0 amide bonds. The van der Waals surface area contributed by atoms with Crippen molar-refractivity contribution >= 4 is 11.0 Å². The monoisotopic (exact) mass is 296 g/mol. The third kappa shape index (κ3) is 2.22. The number of hydrogen-bond donors (Lipinski definition) is 1. The number of phenolic OH excluding ortho intramolecular Hbond substituents is 1. The number of aryl methyl sites for hydroxylation is 1. The molecule has 112 valence electrons. The largest absolute Gasteiger partial charge is 0.507 e. The molecule has 1 N–H and O–H groups in total. The molecule has 0 aliphatic carbocycles. The van der Waals surface area contributed by atoms with Gasteiger partial charge in [0.1, 0.15) is 28.2 Å². The summed E-state index contributed by atoms with van der Waals surface area (Å²) < 4.78 is 11.0. The van der Waals surface area contributed by atoms with E-state index in [1.165, 1.54) is 13.2 Å². The van der Waals surface area contributed by atoms with Crippen LogP contribution in [0.25, 0.3) is 22.1 Å². The van der Waals surface area contributed by atoms with Crippen molar-refractivity contribution in [2.45, 2.75) is 13.3 Å². The molecule has 0 aliphatic heterocycles. The Hall–Kier alpha value is -2.75. The Bertz CT molecular complexity index is 879. The van der Waals surface area contributed by atoms with E-state index < -0.39 is 0 Å². The predicted octanol–water partition coefficient (Wildman–Crippen LogP) is 3.74. The van der Waals surface area contributed by atoms with E-state index in [9.17, 15) is 9.90 Å². The number of phenols is 1. The van der Waals surface area contributed by atoms with Crippen LogP contribution in [0.1, 0.15) is 12.7 Å². The first-order chi connectivity index (χ1) is 10.7. The van der Waals surface area contributed by atoms with Crippen molar-refractivity contribution in [2.24, 2.45) is 0 Å². The van der Waals surface area contributed by atoms with Crippen LogP contribution < -0.4 is 10.2 Å². The van der Waals surface area contributed by atoms with E-state index >= 15 is 0 Å². The fraction of sp³-hybridized carbons (Fsp3) is 0.167. The molecule has 3 aromatic rings. The van der Waals surface area contributed by atoms with Gasteiger partial charge in [0.15, 0.2) is 0 Å². The Morgan fingerprint density at radius 3 is 2.55 bits per heavy atom. The van der Waals surface area contributed by atoms with Gasteiger partial charge in [0.2, 0.25) is 5.43 Å². The summed E-state index contributed by atoms with van der Waals surface area (Å²) in [5.74, 6) is 0.905. The molecule has 0 spiro atoms. The van der Waals surface area contributed by atoms with E-state index in [1.54, 1.807) is 6.07 Å². The quantitative estimate of drug-likeness (QED) is 0.800. The van der Waals surface area contributed by atoms with Crippen LogP contribution >= 0.6 is 0 Å². The van der Waals surface area contributed by atoms with Crippen molar-refractivity contribution < 1.29 is 14.3 Å². The molecule has 1 aromatic heterocycles. The molecule has 4 heteroatoms. The van der Waals surface area contributed by atoms with Gasteiger partial charge in [-0.15, -0.1) is 0 Å². The first-order valence-corrected chi connectivity index (χ1v) is 7.07. The van der Waals surface area contributed by atoms with Gasteiger partial charge in [-0.2, -0.15) is 0 Å². The number of fused-ring (bicyclic) bond motifs is 1. The smallest absolute Gasteiger partial charge is 0.204 e. The molecule has 1 heterocycles. The molecule has 0 atom stereocenters. The van der Waals surface area contributed by atoms with Crippen molar-refractivity contribution in [3.63, 3.8) is 0 Å². The van der Waals surface area contributed by atoms with Crippen LogP contribution in [0.15, 0.2) is 51.7 Å². The highest BCUT2D eigenvalue weighted by atomic mass is 16.5. The normalized spacial score (nSPS) is 10.8. The predicted molar refractivity (Wildman–Crippen MR) is 85.5 cm³/mol. The molecule has 22 heavy (non-hydrogen) atoms. The number of ether oxygens (including phenoxy) is 1. The van der Waals surface area contributed by atoms with Gasteiger partial charge in [0, 0.05) is 18.6 Å². The fourth-order valence-electron chi connectivity index (χ4n) is 2.58. The van der Waals surface area contributed by atoms with Gasteiger partial charge < -0.3 is 14.3 Å². The zero-order valence-electron chi connectivity index (χ0n) is 12.4. The molecule has 0 radical (unpaired) electrons. The van der Waals surface area contributed by atoms with E-state index in [4.69, 9.17) is 9.15 Å².